The van der Waals surface area contributed by atoms with Gasteiger partial charge < -0.3 is 14.8 Å². The third-order valence-corrected chi connectivity index (χ3v) is 4.98. The van der Waals surface area contributed by atoms with Crippen LogP contribution in [-0.4, -0.2) is 19.1 Å². The number of hydrogen-bond acceptors (Lipinski definition) is 3. The molecule has 0 radical (unpaired) electrons. The number of benzene rings is 3. The molecule has 150 valence electrons. The van der Waals surface area contributed by atoms with E-state index in [1.54, 1.807) is 18.2 Å². The zero-order valence-corrected chi connectivity index (χ0v) is 18.1. The SMILES string of the molecule is O=C(COc1ccc(Cl)cc1Br)Nc1ccccc1OCCCc1ccccc1. The van der Waals surface area contributed by atoms with Crippen LogP contribution in [-0.2, 0) is 11.2 Å². The van der Waals surface area contributed by atoms with Gasteiger partial charge in [0.15, 0.2) is 6.61 Å². The molecule has 0 fully saturated rings. The van der Waals surface area contributed by atoms with Gasteiger partial charge in [-0.1, -0.05) is 54.1 Å². The van der Waals surface area contributed by atoms with Gasteiger partial charge in [-0.2, -0.15) is 0 Å². The van der Waals surface area contributed by atoms with Crippen LogP contribution in [0.25, 0.3) is 0 Å². The molecule has 6 heteroatoms. The van der Waals surface area contributed by atoms with Crippen molar-refractivity contribution in [3.8, 4) is 11.5 Å². The summed E-state index contributed by atoms with van der Waals surface area (Å²) < 4.78 is 12.1. The lowest BCUT2D eigenvalue weighted by Crippen LogP contribution is -2.20. The molecule has 0 saturated heterocycles. The molecule has 0 heterocycles. The van der Waals surface area contributed by atoms with E-state index in [1.807, 2.05) is 42.5 Å². The Morgan fingerprint density at radius 2 is 1.69 bits per heavy atom. The van der Waals surface area contributed by atoms with Gasteiger partial charge in [0.2, 0.25) is 0 Å². The third kappa shape index (κ3) is 6.80. The molecule has 0 aliphatic carbocycles. The molecule has 0 aromatic heterocycles. The maximum Gasteiger partial charge on any atom is 0.262 e. The van der Waals surface area contributed by atoms with Crippen LogP contribution in [0, 0.1) is 0 Å². The number of aryl methyl sites for hydroxylation is 1. The monoisotopic (exact) mass is 473 g/mol. The lowest BCUT2D eigenvalue weighted by molar-refractivity contribution is -0.118. The molecular formula is C23H21BrClNO3. The first-order valence-electron chi connectivity index (χ1n) is 9.25. The van der Waals surface area contributed by atoms with Crippen LogP contribution in [0.3, 0.4) is 0 Å². The fraction of sp³-hybridized carbons (Fsp3) is 0.174. The lowest BCUT2D eigenvalue weighted by atomic mass is 10.1. The Morgan fingerprint density at radius 3 is 2.48 bits per heavy atom. The second kappa shape index (κ2) is 10.9. The molecule has 3 rings (SSSR count). The molecule has 1 amide bonds. The summed E-state index contributed by atoms with van der Waals surface area (Å²) in [6, 6.07) is 22.8. The maximum absolute atomic E-state index is 12.3. The minimum absolute atomic E-state index is 0.122. The molecule has 0 bridgehead atoms. The van der Waals surface area contributed by atoms with Gasteiger partial charge in [-0.25, -0.2) is 0 Å². The van der Waals surface area contributed by atoms with Crippen molar-refractivity contribution >= 4 is 39.1 Å². The highest BCUT2D eigenvalue weighted by atomic mass is 79.9. The van der Waals surface area contributed by atoms with Crippen molar-refractivity contribution in [2.24, 2.45) is 0 Å². The Kier molecular flexibility index (Phi) is 7.96. The number of amides is 1. The van der Waals surface area contributed by atoms with E-state index in [-0.39, 0.29) is 12.5 Å². The molecule has 0 atom stereocenters. The van der Waals surface area contributed by atoms with Crippen molar-refractivity contribution < 1.29 is 14.3 Å². The number of halogens is 2. The van der Waals surface area contributed by atoms with E-state index in [0.29, 0.717) is 33.3 Å². The molecule has 1 N–H and O–H groups in total. The fourth-order valence-corrected chi connectivity index (χ4v) is 3.52. The number of carbonyl (C=O) groups is 1. The highest BCUT2D eigenvalue weighted by molar-refractivity contribution is 9.10. The first kappa shape index (κ1) is 21.2. The molecule has 29 heavy (non-hydrogen) atoms. The number of hydrogen-bond donors (Lipinski definition) is 1. The van der Waals surface area contributed by atoms with Gasteiger partial charge in [0, 0.05) is 5.02 Å². The van der Waals surface area contributed by atoms with Crippen LogP contribution in [0.5, 0.6) is 11.5 Å². The average molecular weight is 475 g/mol. The zero-order valence-electron chi connectivity index (χ0n) is 15.7. The Labute approximate surface area is 183 Å². The summed E-state index contributed by atoms with van der Waals surface area (Å²) in [5.41, 5.74) is 1.90. The van der Waals surface area contributed by atoms with Crippen molar-refractivity contribution in [2.45, 2.75) is 12.8 Å². The summed E-state index contributed by atoms with van der Waals surface area (Å²) in [7, 11) is 0. The molecule has 3 aromatic carbocycles. The van der Waals surface area contributed by atoms with E-state index in [9.17, 15) is 4.79 Å². The number of carbonyl (C=O) groups excluding carboxylic acids is 1. The van der Waals surface area contributed by atoms with Crippen molar-refractivity contribution in [2.75, 3.05) is 18.5 Å². The van der Waals surface area contributed by atoms with E-state index in [1.165, 1.54) is 5.56 Å². The average Bonchev–Trinajstić information content (AvgIpc) is 2.72. The van der Waals surface area contributed by atoms with Gasteiger partial charge in [0.1, 0.15) is 11.5 Å². The quantitative estimate of drug-likeness (QED) is 0.379. The standard InChI is InChI=1S/C23H21BrClNO3/c24-19-15-18(25)12-13-21(19)29-16-23(27)26-20-10-4-5-11-22(20)28-14-6-9-17-7-2-1-3-8-17/h1-5,7-8,10-13,15H,6,9,14,16H2,(H,26,27). The molecule has 0 spiro atoms. The topological polar surface area (TPSA) is 47.6 Å². The minimum Gasteiger partial charge on any atom is -0.491 e. The first-order valence-corrected chi connectivity index (χ1v) is 10.4. The number of ether oxygens (including phenoxy) is 2. The predicted octanol–water partition coefficient (Wildman–Crippen LogP) is 6.13. The van der Waals surface area contributed by atoms with Crippen molar-refractivity contribution in [1.29, 1.82) is 0 Å². The van der Waals surface area contributed by atoms with E-state index in [2.05, 4.69) is 33.4 Å². The maximum atomic E-state index is 12.3. The summed E-state index contributed by atoms with van der Waals surface area (Å²) in [4.78, 5) is 12.3. The van der Waals surface area contributed by atoms with Gasteiger partial charge in [0.25, 0.3) is 5.91 Å². The van der Waals surface area contributed by atoms with Crippen molar-refractivity contribution in [1.82, 2.24) is 0 Å². The fourth-order valence-electron chi connectivity index (χ4n) is 2.72. The molecule has 4 nitrogen and oxygen atoms in total. The summed E-state index contributed by atoms with van der Waals surface area (Å²) in [5.74, 6) is 0.920. The zero-order chi connectivity index (χ0) is 20.5. The summed E-state index contributed by atoms with van der Waals surface area (Å²) in [5, 5.41) is 3.43. The second-order valence-electron chi connectivity index (χ2n) is 6.35. The lowest BCUT2D eigenvalue weighted by Gasteiger charge is -2.13. The van der Waals surface area contributed by atoms with Crippen molar-refractivity contribution in [3.63, 3.8) is 0 Å². The third-order valence-electron chi connectivity index (χ3n) is 4.12. The van der Waals surface area contributed by atoms with Crippen LogP contribution >= 0.6 is 27.5 Å². The molecular weight excluding hydrogens is 454 g/mol. The minimum atomic E-state index is -0.271. The Morgan fingerprint density at radius 1 is 0.931 bits per heavy atom. The van der Waals surface area contributed by atoms with Gasteiger partial charge in [0.05, 0.1) is 16.8 Å². The molecule has 0 aliphatic rings. The highest BCUT2D eigenvalue weighted by Gasteiger charge is 2.10. The summed E-state index contributed by atoms with van der Waals surface area (Å²) in [6.07, 6.45) is 1.83. The summed E-state index contributed by atoms with van der Waals surface area (Å²) >= 11 is 9.28. The normalized spacial score (nSPS) is 10.4. The number of nitrogens with one attached hydrogen (secondary N) is 1. The molecule has 3 aromatic rings. The van der Waals surface area contributed by atoms with Crippen LogP contribution in [0.2, 0.25) is 5.02 Å². The molecule has 0 unspecified atom stereocenters. The van der Waals surface area contributed by atoms with E-state index >= 15 is 0 Å². The smallest absolute Gasteiger partial charge is 0.262 e. The largest absolute Gasteiger partial charge is 0.491 e. The van der Waals surface area contributed by atoms with Gasteiger partial charge >= 0.3 is 0 Å². The van der Waals surface area contributed by atoms with Crippen LogP contribution < -0.4 is 14.8 Å². The van der Waals surface area contributed by atoms with Crippen LogP contribution in [0.1, 0.15) is 12.0 Å². The first-order chi connectivity index (χ1) is 14.1. The predicted molar refractivity (Wildman–Crippen MR) is 120 cm³/mol. The molecule has 0 aliphatic heterocycles. The van der Waals surface area contributed by atoms with E-state index in [0.717, 1.165) is 12.8 Å². The number of para-hydroxylation sites is 2. The summed E-state index contributed by atoms with van der Waals surface area (Å²) in [6.45, 7) is 0.443. The Hall–Kier alpha value is -2.50. The van der Waals surface area contributed by atoms with E-state index in [4.69, 9.17) is 21.1 Å². The Balaban J connectivity index is 1.49. The highest BCUT2D eigenvalue weighted by Crippen LogP contribution is 2.28. The van der Waals surface area contributed by atoms with Crippen molar-refractivity contribution in [3.05, 3.63) is 87.9 Å². The van der Waals surface area contributed by atoms with Gasteiger partial charge in [-0.15, -0.1) is 0 Å². The second-order valence-corrected chi connectivity index (χ2v) is 7.64. The number of rotatable bonds is 9. The van der Waals surface area contributed by atoms with Crippen LogP contribution in [0.4, 0.5) is 5.69 Å². The van der Waals surface area contributed by atoms with Gasteiger partial charge in [-0.05, 0) is 64.7 Å². The van der Waals surface area contributed by atoms with E-state index < -0.39 is 0 Å². The van der Waals surface area contributed by atoms with Crippen LogP contribution in [0.15, 0.2) is 77.3 Å². The van der Waals surface area contributed by atoms with Gasteiger partial charge in [-0.3, -0.25) is 4.79 Å². The number of anilines is 1. The molecule has 0 saturated carbocycles. The Bertz CT molecular complexity index is 950.